The number of rotatable bonds is 4. The van der Waals surface area contributed by atoms with E-state index in [-0.39, 0.29) is 0 Å². The van der Waals surface area contributed by atoms with Gasteiger partial charge in [0.05, 0.1) is 6.10 Å². The van der Waals surface area contributed by atoms with Crippen LogP contribution in [0, 0.1) is 0 Å². The van der Waals surface area contributed by atoms with Gasteiger partial charge < -0.3 is 20.6 Å². The fourth-order valence-corrected chi connectivity index (χ4v) is 0.719. The SMILES string of the molecule is CNC(C(=O)O)C(O)C(C)O. The van der Waals surface area contributed by atoms with Crippen molar-refractivity contribution < 1.29 is 20.1 Å². The highest BCUT2D eigenvalue weighted by Crippen LogP contribution is 1.98. The Morgan fingerprint density at radius 1 is 1.45 bits per heavy atom. The van der Waals surface area contributed by atoms with Gasteiger partial charge >= 0.3 is 5.97 Å². The van der Waals surface area contributed by atoms with Crippen LogP contribution < -0.4 is 5.32 Å². The molecule has 0 saturated heterocycles. The molecule has 4 N–H and O–H groups in total. The maximum atomic E-state index is 10.3. The molecule has 0 rings (SSSR count). The predicted octanol–water partition coefficient (Wildman–Crippen LogP) is -1.60. The monoisotopic (exact) mass is 163 g/mol. The summed E-state index contributed by atoms with van der Waals surface area (Å²) in [4.78, 5) is 10.3. The summed E-state index contributed by atoms with van der Waals surface area (Å²) in [7, 11) is 1.41. The first-order valence-electron chi connectivity index (χ1n) is 3.27. The van der Waals surface area contributed by atoms with Crippen LogP contribution in [0.1, 0.15) is 6.92 Å². The summed E-state index contributed by atoms with van der Waals surface area (Å²) in [6.45, 7) is 1.33. The minimum Gasteiger partial charge on any atom is -0.480 e. The average Bonchev–Trinajstić information content (AvgIpc) is 1.88. The van der Waals surface area contributed by atoms with Crippen LogP contribution in [0.5, 0.6) is 0 Å². The van der Waals surface area contributed by atoms with Gasteiger partial charge in [0, 0.05) is 0 Å². The maximum absolute atomic E-state index is 10.3. The van der Waals surface area contributed by atoms with Gasteiger partial charge in [0.25, 0.3) is 0 Å². The Hall–Kier alpha value is -0.650. The van der Waals surface area contributed by atoms with E-state index in [2.05, 4.69) is 5.32 Å². The Kier molecular flexibility index (Phi) is 4.02. The number of aliphatic hydroxyl groups excluding tert-OH is 2. The Bertz CT molecular complexity index is 137. The molecule has 0 aromatic carbocycles. The number of nitrogens with one attached hydrogen (secondary N) is 1. The molecule has 0 aromatic rings. The van der Waals surface area contributed by atoms with Crippen molar-refractivity contribution in [1.82, 2.24) is 5.32 Å². The average molecular weight is 163 g/mol. The zero-order valence-corrected chi connectivity index (χ0v) is 6.48. The quantitative estimate of drug-likeness (QED) is 0.401. The fourth-order valence-electron chi connectivity index (χ4n) is 0.719. The Morgan fingerprint density at radius 2 is 1.91 bits per heavy atom. The first-order valence-corrected chi connectivity index (χ1v) is 3.27. The van der Waals surface area contributed by atoms with Gasteiger partial charge in [-0.2, -0.15) is 0 Å². The summed E-state index contributed by atoms with van der Waals surface area (Å²) in [6.07, 6.45) is -2.33. The Labute approximate surface area is 64.7 Å². The number of aliphatic carboxylic acids is 1. The number of likely N-dealkylation sites (N-methyl/N-ethyl adjacent to an activating group) is 1. The highest BCUT2D eigenvalue weighted by atomic mass is 16.4. The molecule has 11 heavy (non-hydrogen) atoms. The van der Waals surface area contributed by atoms with Gasteiger partial charge in [0.2, 0.25) is 0 Å². The van der Waals surface area contributed by atoms with E-state index in [0.717, 1.165) is 0 Å². The molecule has 3 atom stereocenters. The van der Waals surface area contributed by atoms with Crippen molar-refractivity contribution in [1.29, 1.82) is 0 Å². The number of carbonyl (C=O) groups is 1. The van der Waals surface area contributed by atoms with Crippen molar-refractivity contribution in [2.24, 2.45) is 0 Å². The first kappa shape index (κ1) is 10.3. The Balaban J connectivity index is 4.14. The summed E-state index contributed by atoms with van der Waals surface area (Å²) < 4.78 is 0. The second-order valence-corrected chi connectivity index (χ2v) is 2.34. The predicted molar refractivity (Wildman–Crippen MR) is 38.2 cm³/mol. The van der Waals surface area contributed by atoms with E-state index in [0.29, 0.717) is 0 Å². The molecule has 0 bridgehead atoms. The van der Waals surface area contributed by atoms with Crippen molar-refractivity contribution in [3.8, 4) is 0 Å². The highest BCUT2D eigenvalue weighted by Gasteiger charge is 2.27. The maximum Gasteiger partial charge on any atom is 0.323 e. The summed E-state index contributed by atoms with van der Waals surface area (Å²) in [6, 6.07) is -1.12. The van der Waals surface area contributed by atoms with E-state index in [9.17, 15) is 4.79 Å². The third-order valence-corrected chi connectivity index (χ3v) is 1.41. The molecule has 3 unspecified atom stereocenters. The van der Waals surface area contributed by atoms with Crippen molar-refractivity contribution in [3.05, 3.63) is 0 Å². The third kappa shape index (κ3) is 2.83. The van der Waals surface area contributed by atoms with E-state index in [4.69, 9.17) is 15.3 Å². The van der Waals surface area contributed by atoms with Gasteiger partial charge in [-0.25, -0.2) is 0 Å². The number of hydrogen-bond donors (Lipinski definition) is 4. The van der Waals surface area contributed by atoms with E-state index in [1.54, 1.807) is 0 Å². The fraction of sp³-hybridized carbons (Fsp3) is 0.833. The number of carboxylic acids is 1. The van der Waals surface area contributed by atoms with Gasteiger partial charge in [-0.1, -0.05) is 0 Å². The standard InChI is InChI=1S/C6H13NO4/c1-3(8)5(9)4(7-2)6(10)11/h3-5,7-9H,1-2H3,(H,10,11). The van der Waals surface area contributed by atoms with E-state index in [1.165, 1.54) is 14.0 Å². The van der Waals surface area contributed by atoms with Crippen molar-refractivity contribution in [3.63, 3.8) is 0 Å². The molecular weight excluding hydrogens is 150 g/mol. The molecular formula is C6H13NO4. The van der Waals surface area contributed by atoms with Crippen LogP contribution in [-0.2, 0) is 4.79 Å². The summed E-state index contributed by atoms with van der Waals surface area (Å²) in [5.41, 5.74) is 0. The first-order chi connectivity index (χ1) is 5.00. The molecule has 0 radical (unpaired) electrons. The van der Waals surface area contributed by atoms with Gasteiger partial charge in [-0.05, 0) is 14.0 Å². The van der Waals surface area contributed by atoms with E-state index >= 15 is 0 Å². The molecule has 0 saturated carbocycles. The van der Waals surface area contributed by atoms with Crippen LogP contribution >= 0.6 is 0 Å². The lowest BCUT2D eigenvalue weighted by Crippen LogP contribution is -2.48. The molecule has 0 aliphatic rings. The number of carboxylic acid groups (broad SMARTS) is 1. The lowest BCUT2D eigenvalue weighted by Gasteiger charge is -2.20. The minimum atomic E-state index is -1.28. The highest BCUT2D eigenvalue weighted by molar-refractivity contribution is 5.74. The molecule has 5 heteroatoms. The molecule has 66 valence electrons. The van der Waals surface area contributed by atoms with E-state index in [1.807, 2.05) is 0 Å². The van der Waals surface area contributed by atoms with Gasteiger partial charge in [-0.3, -0.25) is 4.79 Å². The molecule has 0 aromatic heterocycles. The van der Waals surface area contributed by atoms with Crippen LogP contribution in [-0.4, -0.2) is 46.6 Å². The molecule has 0 aliphatic heterocycles. The van der Waals surface area contributed by atoms with Crippen molar-refractivity contribution in [2.45, 2.75) is 25.2 Å². The lowest BCUT2D eigenvalue weighted by atomic mass is 10.1. The smallest absolute Gasteiger partial charge is 0.323 e. The molecule has 0 aliphatic carbocycles. The van der Waals surface area contributed by atoms with Crippen LogP contribution in [0.2, 0.25) is 0 Å². The summed E-state index contributed by atoms with van der Waals surface area (Å²) >= 11 is 0. The number of aliphatic hydroxyl groups is 2. The largest absolute Gasteiger partial charge is 0.480 e. The molecule has 0 fully saturated rings. The van der Waals surface area contributed by atoms with Gasteiger partial charge in [-0.15, -0.1) is 0 Å². The zero-order valence-electron chi connectivity index (χ0n) is 6.48. The topological polar surface area (TPSA) is 89.8 Å². The second-order valence-electron chi connectivity index (χ2n) is 2.34. The molecule has 0 heterocycles. The van der Waals surface area contributed by atoms with Crippen LogP contribution in [0.3, 0.4) is 0 Å². The lowest BCUT2D eigenvalue weighted by molar-refractivity contribution is -0.144. The second kappa shape index (κ2) is 4.27. The minimum absolute atomic E-state index is 1.05. The molecule has 0 spiro atoms. The third-order valence-electron chi connectivity index (χ3n) is 1.41. The summed E-state index contributed by atoms with van der Waals surface area (Å²) in [5, 5.41) is 28.7. The van der Waals surface area contributed by atoms with Crippen molar-refractivity contribution >= 4 is 5.97 Å². The molecule has 5 nitrogen and oxygen atoms in total. The van der Waals surface area contributed by atoms with Crippen LogP contribution in [0.25, 0.3) is 0 Å². The van der Waals surface area contributed by atoms with Crippen LogP contribution in [0.15, 0.2) is 0 Å². The Morgan fingerprint density at radius 3 is 2.00 bits per heavy atom. The van der Waals surface area contributed by atoms with Gasteiger partial charge in [0.15, 0.2) is 0 Å². The van der Waals surface area contributed by atoms with Crippen LogP contribution in [0.4, 0.5) is 0 Å². The summed E-state index contributed by atoms with van der Waals surface area (Å²) in [5.74, 6) is -1.18. The number of hydrogen-bond acceptors (Lipinski definition) is 4. The van der Waals surface area contributed by atoms with Gasteiger partial charge in [0.1, 0.15) is 12.1 Å². The zero-order chi connectivity index (χ0) is 9.02. The molecule has 0 amide bonds. The van der Waals surface area contributed by atoms with Crippen molar-refractivity contribution in [2.75, 3.05) is 7.05 Å². The van der Waals surface area contributed by atoms with E-state index < -0.39 is 24.2 Å². The normalized spacial score (nSPS) is 18.9.